The van der Waals surface area contributed by atoms with Crippen LogP contribution in [0.3, 0.4) is 0 Å². The standard InChI is InChI=1S/C20H17N3O3/c1-2-26-20(25)14-11-12-7-3-5-9-15(12)21-17(14)18-22-16-10-6-4-8-13(16)19(24)23-18/h3-11,18,22H,2H2,1H3,(H,23,24). The molecule has 6 heteroatoms. The molecule has 2 heterocycles. The van der Waals surface area contributed by atoms with Gasteiger partial charge in [0, 0.05) is 11.1 Å². The maximum Gasteiger partial charge on any atom is 0.340 e. The van der Waals surface area contributed by atoms with Gasteiger partial charge in [-0.2, -0.15) is 0 Å². The van der Waals surface area contributed by atoms with Gasteiger partial charge in [0.25, 0.3) is 5.91 Å². The average Bonchev–Trinajstić information content (AvgIpc) is 2.67. The number of fused-ring (bicyclic) bond motifs is 2. The molecule has 4 rings (SSSR count). The molecule has 0 aliphatic carbocycles. The largest absolute Gasteiger partial charge is 0.462 e. The second-order valence-corrected chi connectivity index (χ2v) is 5.93. The molecule has 1 amide bonds. The monoisotopic (exact) mass is 347 g/mol. The molecule has 1 unspecified atom stereocenters. The lowest BCUT2D eigenvalue weighted by Crippen LogP contribution is -2.39. The summed E-state index contributed by atoms with van der Waals surface area (Å²) in [6.07, 6.45) is -0.624. The zero-order valence-corrected chi connectivity index (χ0v) is 14.2. The summed E-state index contributed by atoms with van der Waals surface area (Å²) in [5.74, 6) is -0.676. The lowest BCUT2D eigenvalue weighted by Gasteiger charge is -2.28. The first-order chi connectivity index (χ1) is 12.7. The Morgan fingerprint density at radius 2 is 1.88 bits per heavy atom. The maximum absolute atomic E-state index is 12.5. The molecule has 1 atom stereocenters. The first-order valence-electron chi connectivity index (χ1n) is 8.40. The molecule has 0 spiro atoms. The summed E-state index contributed by atoms with van der Waals surface area (Å²) in [6.45, 7) is 2.02. The minimum atomic E-state index is -0.624. The summed E-state index contributed by atoms with van der Waals surface area (Å²) in [4.78, 5) is 29.6. The average molecular weight is 347 g/mol. The fourth-order valence-electron chi connectivity index (χ4n) is 3.07. The molecular weight excluding hydrogens is 330 g/mol. The molecule has 6 nitrogen and oxygen atoms in total. The summed E-state index contributed by atoms with van der Waals surface area (Å²) in [7, 11) is 0. The number of nitrogens with one attached hydrogen (secondary N) is 2. The van der Waals surface area contributed by atoms with Gasteiger partial charge in [0.2, 0.25) is 0 Å². The highest BCUT2D eigenvalue weighted by Gasteiger charge is 2.29. The van der Waals surface area contributed by atoms with E-state index in [1.54, 1.807) is 25.1 Å². The number of para-hydroxylation sites is 2. The van der Waals surface area contributed by atoms with Crippen LogP contribution in [0.1, 0.15) is 39.5 Å². The summed E-state index contributed by atoms with van der Waals surface area (Å²) < 4.78 is 5.19. The normalized spacial score (nSPS) is 15.7. The number of anilines is 1. The van der Waals surface area contributed by atoms with Gasteiger partial charge in [0.05, 0.1) is 28.9 Å². The number of esters is 1. The van der Waals surface area contributed by atoms with Crippen molar-refractivity contribution in [3.05, 3.63) is 71.4 Å². The molecule has 1 aromatic heterocycles. The summed E-state index contributed by atoms with van der Waals surface area (Å²) in [5.41, 5.74) is 2.77. The smallest absolute Gasteiger partial charge is 0.340 e. The minimum Gasteiger partial charge on any atom is -0.462 e. The third-order valence-corrected chi connectivity index (χ3v) is 4.27. The zero-order chi connectivity index (χ0) is 18.1. The lowest BCUT2D eigenvalue weighted by molar-refractivity contribution is 0.0523. The predicted molar refractivity (Wildman–Crippen MR) is 98.0 cm³/mol. The zero-order valence-electron chi connectivity index (χ0n) is 14.2. The topological polar surface area (TPSA) is 80.3 Å². The third kappa shape index (κ3) is 2.75. The van der Waals surface area contributed by atoms with E-state index in [2.05, 4.69) is 15.6 Å². The van der Waals surface area contributed by atoms with E-state index >= 15 is 0 Å². The van der Waals surface area contributed by atoms with Gasteiger partial charge in [-0.3, -0.25) is 4.79 Å². The van der Waals surface area contributed by atoms with Crippen molar-refractivity contribution in [1.29, 1.82) is 0 Å². The Hall–Kier alpha value is -3.41. The Labute approximate surface area is 150 Å². The van der Waals surface area contributed by atoms with Crippen LogP contribution in [0.15, 0.2) is 54.6 Å². The molecule has 0 bridgehead atoms. The van der Waals surface area contributed by atoms with Crippen molar-refractivity contribution in [2.45, 2.75) is 13.1 Å². The summed E-state index contributed by atoms with van der Waals surface area (Å²) in [5, 5.41) is 6.95. The Balaban J connectivity index is 1.83. The van der Waals surface area contributed by atoms with Crippen LogP contribution in [-0.2, 0) is 4.74 Å². The van der Waals surface area contributed by atoms with Crippen molar-refractivity contribution in [2.75, 3.05) is 11.9 Å². The van der Waals surface area contributed by atoms with Crippen LogP contribution in [0.2, 0.25) is 0 Å². The van der Waals surface area contributed by atoms with E-state index in [0.29, 0.717) is 22.5 Å². The van der Waals surface area contributed by atoms with Crippen molar-refractivity contribution < 1.29 is 14.3 Å². The molecule has 3 aromatic rings. The number of pyridine rings is 1. The van der Waals surface area contributed by atoms with Gasteiger partial charge in [-0.25, -0.2) is 9.78 Å². The number of rotatable bonds is 3. The van der Waals surface area contributed by atoms with Crippen molar-refractivity contribution in [2.24, 2.45) is 0 Å². The quantitative estimate of drug-likeness (QED) is 0.711. The lowest BCUT2D eigenvalue weighted by atomic mass is 10.0. The molecule has 0 fully saturated rings. The highest BCUT2D eigenvalue weighted by atomic mass is 16.5. The number of carbonyl (C=O) groups excluding carboxylic acids is 2. The first kappa shape index (κ1) is 16.1. The Bertz CT molecular complexity index is 1020. The number of carbonyl (C=O) groups is 2. The van der Waals surface area contributed by atoms with E-state index < -0.39 is 12.1 Å². The minimum absolute atomic E-state index is 0.214. The highest BCUT2D eigenvalue weighted by Crippen LogP contribution is 2.29. The van der Waals surface area contributed by atoms with E-state index in [1.165, 1.54) is 0 Å². The van der Waals surface area contributed by atoms with Crippen LogP contribution < -0.4 is 10.6 Å². The molecule has 2 N–H and O–H groups in total. The molecule has 0 saturated carbocycles. The van der Waals surface area contributed by atoms with Crippen LogP contribution in [0, 0.1) is 0 Å². The number of aromatic nitrogens is 1. The third-order valence-electron chi connectivity index (χ3n) is 4.27. The van der Waals surface area contributed by atoms with Crippen LogP contribution in [-0.4, -0.2) is 23.5 Å². The number of ether oxygens (including phenoxy) is 1. The van der Waals surface area contributed by atoms with Crippen molar-refractivity contribution in [3.8, 4) is 0 Å². The number of amides is 1. The Morgan fingerprint density at radius 3 is 2.73 bits per heavy atom. The second-order valence-electron chi connectivity index (χ2n) is 5.93. The van der Waals surface area contributed by atoms with E-state index in [9.17, 15) is 9.59 Å². The van der Waals surface area contributed by atoms with Gasteiger partial charge in [-0.05, 0) is 31.2 Å². The van der Waals surface area contributed by atoms with E-state index in [0.717, 1.165) is 10.9 Å². The van der Waals surface area contributed by atoms with Crippen molar-refractivity contribution in [3.63, 3.8) is 0 Å². The number of nitrogens with zero attached hydrogens (tertiary/aromatic N) is 1. The maximum atomic E-state index is 12.5. The molecule has 26 heavy (non-hydrogen) atoms. The van der Waals surface area contributed by atoms with Gasteiger partial charge in [0.15, 0.2) is 0 Å². The second kappa shape index (κ2) is 6.48. The van der Waals surface area contributed by atoms with Gasteiger partial charge in [0.1, 0.15) is 6.17 Å². The molecule has 1 aliphatic rings. The van der Waals surface area contributed by atoms with E-state index in [4.69, 9.17) is 4.74 Å². The number of hydrogen-bond acceptors (Lipinski definition) is 5. The molecule has 130 valence electrons. The molecule has 0 radical (unpaired) electrons. The van der Waals surface area contributed by atoms with Crippen LogP contribution in [0.5, 0.6) is 0 Å². The highest BCUT2D eigenvalue weighted by molar-refractivity contribution is 6.02. The number of benzene rings is 2. The SMILES string of the molecule is CCOC(=O)c1cc2ccccc2nc1C1NC(=O)c2ccccc2N1. The molecule has 2 aromatic carbocycles. The molecule has 0 saturated heterocycles. The van der Waals surface area contributed by atoms with Gasteiger partial charge in [-0.15, -0.1) is 0 Å². The Kier molecular flexibility index (Phi) is 4.01. The van der Waals surface area contributed by atoms with Crippen molar-refractivity contribution in [1.82, 2.24) is 10.3 Å². The fraction of sp³-hybridized carbons (Fsp3) is 0.150. The predicted octanol–water partition coefficient (Wildman–Crippen LogP) is 3.27. The van der Waals surface area contributed by atoms with E-state index in [-0.39, 0.29) is 12.5 Å². The first-order valence-corrected chi connectivity index (χ1v) is 8.40. The molecular formula is C20H17N3O3. The fourth-order valence-corrected chi connectivity index (χ4v) is 3.07. The Morgan fingerprint density at radius 1 is 1.12 bits per heavy atom. The van der Waals surface area contributed by atoms with Crippen LogP contribution >= 0.6 is 0 Å². The summed E-state index contributed by atoms with van der Waals surface area (Å²) >= 11 is 0. The van der Waals surface area contributed by atoms with E-state index in [1.807, 2.05) is 36.4 Å². The number of hydrogen-bond donors (Lipinski definition) is 2. The van der Waals surface area contributed by atoms with Gasteiger partial charge in [-0.1, -0.05) is 30.3 Å². The van der Waals surface area contributed by atoms with Crippen molar-refractivity contribution >= 4 is 28.5 Å². The molecule has 1 aliphatic heterocycles. The van der Waals surface area contributed by atoms with Gasteiger partial charge < -0.3 is 15.4 Å². The van der Waals surface area contributed by atoms with Crippen LogP contribution in [0.4, 0.5) is 5.69 Å². The van der Waals surface area contributed by atoms with Crippen LogP contribution in [0.25, 0.3) is 10.9 Å². The summed E-state index contributed by atoms with van der Waals surface area (Å²) in [6, 6.07) is 16.5. The van der Waals surface area contributed by atoms with Gasteiger partial charge >= 0.3 is 5.97 Å².